The van der Waals surface area contributed by atoms with Crippen LogP contribution in [-0.4, -0.2) is 13.1 Å². The Morgan fingerprint density at radius 3 is 1.75 bits per heavy atom. The van der Waals surface area contributed by atoms with Crippen LogP contribution in [0, 0.1) is 10.8 Å². The molecule has 0 amide bonds. The van der Waals surface area contributed by atoms with Gasteiger partial charge in [-0.2, -0.15) is 0 Å². The summed E-state index contributed by atoms with van der Waals surface area (Å²) in [7, 11) is 1.51. The maximum Gasteiger partial charge on any atom is 0.311 e. The van der Waals surface area contributed by atoms with Gasteiger partial charge >= 0.3 is 5.97 Å². The summed E-state index contributed by atoms with van der Waals surface area (Å²) in [6.07, 6.45) is 11.0. The van der Waals surface area contributed by atoms with Crippen LogP contribution < -0.4 is 0 Å². The summed E-state index contributed by atoms with van der Waals surface area (Å²) >= 11 is 0. The number of carbonyl (C=O) groups is 1. The fraction of sp³-hybridized carbons (Fsp3) is 0.944. The van der Waals surface area contributed by atoms with E-state index in [2.05, 4.69) is 34.6 Å². The number of methoxy groups -OCH3 is 1. The smallest absolute Gasteiger partial charge is 0.311 e. The van der Waals surface area contributed by atoms with Crippen LogP contribution in [-0.2, 0) is 9.53 Å². The van der Waals surface area contributed by atoms with E-state index >= 15 is 0 Å². The van der Waals surface area contributed by atoms with E-state index in [4.69, 9.17) is 4.74 Å². The molecule has 0 aliphatic carbocycles. The molecule has 20 heavy (non-hydrogen) atoms. The normalized spacial score (nSPS) is 14.9. The number of esters is 1. The van der Waals surface area contributed by atoms with Gasteiger partial charge in [0.15, 0.2) is 0 Å². The summed E-state index contributed by atoms with van der Waals surface area (Å²) in [5.41, 5.74) is -0.356. The van der Waals surface area contributed by atoms with Crippen molar-refractivity contribution in [2.45, 2.75) is 92.4 Å². The van der Waals surface area contributed by atoms with Gasteiger partial charge in [0.2, 0.25) is 0 Å². The number of unbranched alkanes of at least 4 members (excludes halogenated alkanes) is 5. The second kappa shape index (κ2) is 9.41. The van der Waals surface area contributed by atoms with Crippen molar-refractivity contribution in [2.75, 3.05) is 7.11 Å². The SMILES string of the molecule is CCCCCCC(C)(CCCCC)C(C)(C)C(=O)OC. The minimum atomic E-state index is -0.401. The molecule has 0 fully saturated rings. The highest BCUT2D eigenvalue weighted by Crippen LogP contribution is 2.47. The first kappa shape index (κ1) is 19.5. The van der Waals surface area contributed by atoms with Gasteiger partial charge in [-0.15, -0.1) is 0 Å². The van der Waals surface area contributed by atoms with Crippen molar-refractivity contribution in [1.29, 1.82) is 0 Å². The molecule has 0 radical (unpaired) electrons. The average Bonchev–Trinajstić information content (AvgIpc) is 2.42. The molecule has 1 atom stereocenters. The van der Waals surface area contributed by atoms with Gasteiger partial charge in [-0.1, -0.05) is 65.7 Å². The molecule has 1 unspecified atom stereocenters. The maximum absolute atomic E-state index is 12.2. The van der Waals surface area contributed by atoms with E-state index in [9.17, 15) is 4.79 Å². The Morgan fingerprint density at radius 2 is 1.30 bits per heavy atom. The molecular formula is C18H36O2. The highest BCUT2D eigenvalue weighted by Gasteiger charge is 2.46. The summed E-state index contributed by atoms with van der Waals surface area (Å²) in [4.78, 5) is 12.2. The van der Waals surface area contributed by atoms with Gasteiger partial charge in [0, 0.05) is 0 Å². The van der Waals surface area contributed by atoms with Crippen molar-refractivity contribution in [2.24, 2.45) is 10.8 Å². The van der Waals surface area contributed by atoms with E-state index < -0.39 is 5.41 Å². The summed E-state index contributed by atoms with van der Waals surface area (Å²) < 4.78 is 5.06. The lowest BCUT2D eigenvalue weighted by atomic mass is 9.61. The molecule has 0 saturated heterocycles. The topological polar surface area (TPSA) is 26.3 Å². The molecule has 0 aliphatic rings. The molecule has 2 heteroatoms. The Morgan fingerprint density at radius 1 is 0.850 bits per heavy atom. The Labute approximate surface area is 126 Å². The molecule has 0 aromatic rings. The van der Waals surface area contributed by atoms with Gasteiger partial charge in [0.05, 0.1) is 12.5 Å². The van der Waals surface area contributed by atoms with Crippen molar-refractivity contribution < 1.29 is 9.53 Å². The summed E-state index contributed by atoms with van der Waals surface area (Å²) in [5.74, 6) is -0.0630. The second-order valence-electron chi connectivity index (χ2n) is 6.95. The van der Waals surface area contributed by atoms with Crippen molar-refractivity contribution in [1.82, 2.24) is 0 Å². The molecule has 0 rings (SSSR count). The maximum atomic E-state index is 12.2. The molecule has 0 N–H and O–H groups in total. The number of ether oxygens (including phenoxy) is 1. The predicted octanol–water partition coefficient (Wildman–Crippen LogP) is 5.74. The van der Waals surface area contributed by atoms with Crippen molar-refractivity contribution in [3.63, 3.8) is 0 Å². The largest absolute Gasteiger partial charge is 0.469 e. The lowest BCUT2D eigenvalue weighted by Crippen LogP contribution is -2.42. The van der Waals surface area contributed by atoms with Crippen LogP contribution in [0.5, 0.6) is 0 Å². The molecule has 0 bridgehead atoms. The number of hydrogen-bond acceptors (Lipinski definition) is 2. The van der Waals surface area contributed by atoms with Crippen LogP contribution in [0.25, 0.3) is 0 Å². The monoisotopic (exact) mass is 284 g/mol. The van der Waals surface area contributed by atoms with E-state index in [1.807, 2.05) is 0 Å². The molecule has 0 aromatic carbocycles. The van der Waals surface area contributed by atoms with Gasteiger partial charge in [-0.25, -0.2) is 0 Å². The quantitative estimate of drug-likeness (QED) is 0.357. The Hall–Kier alpha value is -0.530. The summed E-state index contributed by atoms with van der Waals surface area (Å²) in [6, 6.07) is 0. The molecular weight excluding hydrogens is 248 g/mol. The van der Waals surface area contributed by atoms with Gasteiger partial charge in [0.25, 0.3) is 0 Å². The van der Waals surface area contributed by atoms with Gasteiger partial charge in [0.1, 0.15) is 0 Å². The molecule has 120 valence electrons. The summed E-state index contributed by atoms with van der Waals surface area (Å²) in [5, 5.41) is 0. The fourth-order valence-corrected chi connectivity index (χ4v) is 2.96. The van der Waals surface area contributed by atoms with Crippen molar-refractivity contribution in [3.8, 4) is 0 Å². The standard InChI is InChI=1S/C18H36O2/c1-7-9-11-13-15-18(5,14-12-10-8-2)17(3,4)16(19)20-6/h7-15H2,1-6H3. The first-order valence-electron chi connectivity index (χ1n) is 8.44. The van der Waals surface area contributed by atoms with E-state index in [1.54, 1.807) is 0 Å². The minimum absolute atomic E-state index is 0.0446. The Bertz CT molecular complexity index is 271. The van der Waals surface area contributed by atoms with Crippen LogP contribution in [0.15, 0.2) is 0 Å². The average molecular weight is 284 g/mol. The Balaban J connectivity index is 4.79. The third-order valence-electron chi connectivity index (χ3n) is 5.12. The van der Waals surface area contributed by atoms with Crippen molar-refractivity contribution in [3.05, 3.63) is 0 Å². The van der Waals surface area contributed by atoms with Crippen molar-refractivity contribution >= 4 is 5.97 Å². The van der Waals surface area contributed by atoms with E-state index in [0.29, 0.717) is 0 Å². The van der Waals surface area contributed by atoms with E-state index in [-0.39, 0.29) is 11.4 Å². The van der Waals surface area contributed by atoms with Gasteiger partial charge < -0.3 is 4.74 Å². The molecule has 2 nitrogen and oxygen atoms in total. The molecule has 0 aromatic heterocycles. The van der Waals surface area contributed by atoms with Crippen LogP contribution in [0.3, 0.4) is 0 Å². The zero-order valence-corrected chi connectivity index (χ0v) is 14.7. The second-order valence-corrected chi connectivity index (χ2v) is 6.95. The van der Waals surface area contributed by atoms with Gasteiger partial charge in [-0.3, -0.25) is 4.79 Å². The zero-order valence-electron chi connectivity index (χ0n) is 14.7. The first-order chi connectivity index (χ1) is 9.35. The zero-order chi connectivity index (χ0) is 15.6. The number of hydrogen-bond donors (Lipinski definition) is 0. The third-order valence-corrected chi connectivity index (χ3v) is 5.12. The lowest BCUT2D eigenvalue weighted by Gasteiger charge is -2.42. The lowest BCUT2D eigenvalue weighted by molar-refractivity contribution is -0.159. The van der Waals surface area contributed by atoms with Crippen LogP contribution in [0.4, 0.5) is 0 Å². The minimum Gasteiger partial charge on any atom is -0.469 e. The van der Waals surface area contributed by atoms with E-state index in [0.717, 1.165) is 12.8 Å². The first-order valence-corrected chi connectivity index (χ1v) is 8.44. The number of carbonyl (C=O) groups excluding carboxylic acids is 1. The predicted molar refractivity (Wildman–Crippen MR) is 86.8 cm³/mol. The van der Waals surface area contributed by atoms with Gasteiger partial charge in [-0.05, 0) is 32.1 Å². The number of rotatable bonds is 11. The molecule has 0 heterocycles. The van der Waals surface area contributed by atoms with Crippen LogP contribution >= 0.6 is 0 Å². The van der Waals surface area contributed by atoms with Crippen LogP contribution in [0.1, 0.15) is 92.4 Å². The summed E-state index contributed by atoms with van der Waals surface area (Å²) in [6.45, 7) is 10.9. The van der Waals surface area contributed by atoms with Crippen LogP contribution in [0.2, 0.25) is 0 Å². The highest BCUT2D eigenvalue weighted by molar-refractivity contribution is 5.76. The fourth-order valence-electron chi connectivity index (χ4n) is 2.96. The van der Waals surface area contributed by atoms with E-state index in [1.165, 1.54) is 52.1 Å². The third kappa shape index (κ3) is 5.46. The molecule has 0 spiro atoms. The highest BCUT2D eigenvalue weighted by atomic mass is 16.5. The Kier molecular flexibility index (Phi) is 9.16. The molecule has 0 aliphatic heterocycles. The molecule has 0 saturated carbocycles.